The van der Waals surface area contributed by atoms with Gasteiger partial charge in [-0.15, -0.1) is 0 Å². The van der Waals surface area contributed by atoms with E-state index in [1.54, 1.807) is 0 Å². The highest BCUT2D eigenvalue weighted by Crippen LogP contribution is 2.56. The Hall–Kier alpha value is -8.46. The standard InChI is InChI=1S/C94H108N2/c1-87(2,3)65-33-25-61(26-34-65)77-57-81-82(58-78(77)62-27-35-66(36-28-62)88(4,5)6)86(96(75-53-45-71(46-54-75)93(19,20)21)76-55-47-72(48-56-76)94(22,23)24)84-60-80(64-31-39-68(40-32-64)90(10,11)12)79(63-29-37-67(38-30-63)89(7,8)9)59-83(84)85(81)95(73-49-41-69(42-50-73)91(13,14)15)74-51-43-70(44-52-74)92(16,17)18/h25-60H,1-24H3. The SMILES string of the molecule is CC(C)(C)c1ccc(-c2cc3c(N(c4ccc(C(C)(C)C)cc4)c4ccc(C(C)(C)C)cc4)c4cc(-c5ccc(C(C)(C)C)cc5)c(-c5ccc(C(C)(C)C)cc5)cc4c(N(c4ccc(C(C)(C)C)cc4)c4ccc(C(C)(C)C)cc4)c3cc2-c2ccc(C(C)(C)C)cc2)cc1. The second-order valence-electron chi connectivity index (χ2n) is 35.8. The third kappa shape index (κ3) is 14.2. The van der Waals surface area contributed by atoms with Crippen molar-refractivity contribution in [3.8, 4) is 44.5 Å². The lowest BCUT2D eigenvalue weighted by molar-refractivity contribution is 0.590. The summed E-state index contributed by atoms with van der Waals surface area (Å²) in [6.45, 7) is 55.6. The fourth-order valence-electron chi connectivity index (χ4n) is 13.6. The van der Waals surface area contributed by atoms with Gasteiger partial charge < -0.3 is 9.80 Å². The van der Waals surface area contributed by atoms with Crippen molar-refractivity contribution in [3.05, 3.63) is 263 Å². The maximum absolute atomic E-state index is 2.60. The zero-order valence-corrected chi connectivity index (χ0v) is 62.7. The maximum Gasteiger partial charge on any atom is 0.0620 e. The molecule has 0 aliphatic heterocycles. The molecule has 2 heteroatoms. The maximum atomic E-state index is 2.60. The van der Waals surface area contributed by atoms with Gasteiger partial charge in [-0.1, -0.05) is 312 Å². The number of hydrogen-bond acceptors (Lipinski definition) is 2. The van der Waals surface area contributed by atoms with Crippen molar-refractivity contribution in [1.82, 2.24) is 0 Å². The minimum absolute atomic E-state index is 0.0298. The number of anilines is 6. The lowest BCUT2D eigenvalue weighted by atomic mass is 9.82. The molecular weight excluding hydrogens is 1160 g/mol. The fourth-order valence-corrected chi connectivity index (χ4v) is 13.6. The molecule has 0 saturated carbocycles. The Kier molecular flexibility index (Phi) is 17.9. The van der Waals surface area contributed by atoms with Crippen LogP contribution in [-0.4, -0.2) is 0 Å². The van der Waals surface area contributed by atoms with Gasteiger partial charge in [0.25, 0.3) is 0 Å². The number of nitrogens with zero attached hydrogens (tertiary/aromatic N) is 2. The number of hydrogen-bond donors (Lipinski definition) is 0. The molecule has 0 atom stereocenters. The van der Waals surface area contributed by atoms with Crippen LogP contribution in [0.3, 0.4) is 0 Å². The van der Waals surface area contributed by atoms with Crippen molar-refractivity contribution in [2.75, 3.05) is 9.80 Å². The van der Waals surface area contributed by atoms with E-state index in [4.69, 9.17) is 0 Å². The zero-order chi connectivity index (χ0) is 69.6. The highest BCUT2D eigenvalue weighted by atomic mass is 15.2. The molecule has 0 fully saturated rings. The van der Waals surface area contributed by atoms with Gasteiger partial charge >= 0.3 is 0 Å². The second kappa shape index (κ2) is 24.9. The Labute approximate surface area is 578 Å². The molecule has 0 saturated heterocycles. The largest absolute Gasteiger partial charge is 0.309 e. The molecule has 0 aliphatic rings. The van der Waals surface area contributed by atoms with Crippen LogP contribution in [0.2, 0.25) is 0 Å². The number of rotatable bonds is 10. The average molecular weight is 1270 g/mol. The van der Waals surface area contributed by atoms with Crippen LogP contribution in [0.4, 0.5) is 34.1 Å². The van der Waals surface area contributed by atoms with Crippen molar-refractivity contribution >= 4 is 55.7 Å². The first kappa shape index (κ1) is 68.9. The molecule has 0 radical (unpaired) electrons. The van der Waals surface area contributed by atoms with Crippen LogP contribution in [0.15, 0.2) is 218 Å². The molecule has 0 amide bonds. The Morgan fingerprint density at radius 2 is 0.292 bits per heavy atom. The number of benzene rings is 11. The number of fused-ring (bicyclic) bond motifs is 2. The van der Waals surface area contributed by atoms with Crippen LogP contribution < -0.4 is 9.80 Å². The van der Waals surface area contributed by atoms with E-state index in [-0.39, 0.29) is 43.3 Å². The molecule has 2 nitrogen and oxygen atoms in total. The first-order valence-electron chi connectivity index (χ1n) is 35.2. The lowest BCUT2D eigenvalue weighted by Crippen LogP contribution is -2.17. The summed E-state index contributed by atoms with van der Waals surface area (Å²) in [7, 11) is 0. The van der Waals surface area contributed by atoms with Gasteiger partial charge in [0.2, 0.25) is 0 Å². The van der Waals surface area contributed by atoms with Gasteiger partial charge in [0.15, 0.2) is 0 Å². The average Bonchev–Trinajstić information content (AvgIpc) is 0.706. The summed E-state index contributed by atoms with van der Waals surface area (Å²) >= 11 is 0. The highest BCUT2D eigenvalue weighted by molar-refractivity contribution is 6.26. The molecule has 0 N–H and O–H groups in total. The van der Waals surface area contributed by atoms with Gasteiger partial charge in [0, 0.05) is 44.3 Å². The highest BCUT2D eigenvalue weighted by Gasteiger charge is 2.32. The normalized spacial score (nSPS) is 13.0. The van der Waals surface area contributed by atoms with Gasteiger partial charge in [-0.3, -0.25) is 0 Å². The topological polar surface area (TPSA) is 6.48 Å². The Morgan fingerprint density at radius 3 is 0.417 bits per heavy atom. The summed E-state index contributed by atoms with van der Waals surface area (Å²) in [6.07, 6.45) is 0. The first-order valence-corrected chi connectivity index (χ1v) is 35.2. The minimum atomic E-state index is -0.0593. The minimum Gasteiger partial charge on any atom is -0.309 e. The molecule has 494 valence electrons. The van der Waals surface area contributed by atoms with E-state index in [2.05, 4.69) is 394 Å². The van der Waals surface area contributed by atoms with E-state index in [0.717, 1.165) is 55.7 Å². The molecule has 0 spiro atoms. The van der Waals surface area contributed by atoms with Gasteiger partial charge in [-0.05, 0) is 205 Å². The quantitative estimate of drug-likeness (QED) is 0.0995. The zero-order valence-electron chi connectivity index (χ0n) is 62.7. The van der Waals surface area contributed by atoms with Gasteiger partial charge in [0.05, 0.1) is 11.4 Å². The molecule has 0 bridgehead atoms. The summed E-state index contributed by atoms with van der Waals surface area (Å²) in [5, 5.41) is 4.56. The van der Waals surface area contributed by atoms with Gasteiger partial charge in [-0.2, -0.15) is 0 Å². The van der Waals surface area contributed by atoms with Gasteiger partial charge in [-0.25, -0.2) is 0 Å². The van der Waals surface area contributed by atoms with Crippen molar-refractivity contribution in [3.63, 3.8) is 0 Å². The molecule has 11 aromatic carbocycles. The molecule has 0 aliphatic carbocycles. The van der Waals surface area contributed by atoms with Crippen LogP contribution in [0.5, 0.6) is 0 Å². The fraction of sp³-hybridized carbons (Fsp3) is 0.340. The molecule has 0 aromatic heterocycles. The van der Waals surface area contributed by atoms with E-state index in [9.17, 15) is 0 Å². The Bertz CT molecular complexity index is 3980. The smallest absolute Gasteiger partial charge is 0.0620 e. The van der Waals surface area contributed by atoms with Crippen LogP contribution in [0.25, 0.3) is 66.1 Å². The van der Waals surface area contributed by atoms with Crippen molar-refractivity contribution in [2.24, 2.45) is 0 Å². The molecule has 96 heavy (non-hydrogen) atoms. The third-order valence-corrected chi connectivity index (χ3v) is 20.0. The van der Waals surface area contributed by atoms with E-state index < -0.39 is 0 Å². The molecular formula is C94H108N2. The summed E-state index contributed by atoms with van der Waals surface area (Å²) in [5.41, 5.74) is 26.0. The lowest BCUT2D eigenvalue weighted by Gasteiger charge is -2.35. The summed E-state index contributed by atoms with van der Waals surface area (Å²) < 4.78 is 0. The summed E-state index contributed by atoms with van der Waals surface area (Å²) in [5.74, 6) is 0. The van der Waals surface area contributed by atoms with Crippen LogP contribution in [0.1, 0.15) is 211 Å². The molecule has 11 aromatic rings. The Balaban J connectivity index is 1.44. The van der Waals surface area contributed by atoms with E-state index in [1.165, 1.54) is 89.0 Å². The predicted molar refractivity (Wildman–Crippen MR) is 422 cm³/mol. The Morgan fingerprint density at radius 1 is 0.167 bits per heavy atom. The third-order valence-electron chi connectivity index (χ3n) is 20.0. The van der Waals surface area contributed by atoms with Crippen LogP contribution in [0, 0.1) is 0 Å². The molecule has 11 rings (SSSR count). The van der Waals surface area contributed by atoms with Gasteiger partial charge in [0.1, 0.15) is 0 Å². The summed E-state index contributed by atoms with van der Waals surface area (Å²) in [4.78, 5) is 5.20. The molecule has 0 unspecified atom stereocenters. The first-order chi connectivity index (χ1) is 44.6. The monoisotopic (exact) mass is 1260 g/mol. The van der Waals surface area contributed by atoms with Crippen LogP contribution in [-0.2, 0) is 43.3 Å². The van der Waals surface area contributed by atoms with Crippen molar-refractivity contribution in [2.45, 2.75) is 209 Å². The van der Waals surface area contributed by atoms with E-state index in [1.807, 2.05) is 0 Å². The van der Waals surface area contributed by atoms with Crippen LogP contribution >= 0.6 is 0 Å². The van der Waals surface area contributed by atoms with Crippen molar-refractivity contribution in [1.29, 1.82) is 0 Å². The predicted octanol–water partition coefficient (Wildman–Crippen LogP) is 28.0. The van der Waals surface area contributed by atoms with E-state index >= 15 is 0 Å². The molecule has 0 heterocycles. The van der Waals surface area contributed by atoms with Crippen molar-refractivity contribution < 1.29 is 0 Å². The second-order valence-corrected chi connectivity index (χ2v) is 35.8. The summed E-state index contributed by atoms with van der Waals surface area (Å²) in [6, 6.07) is 86.0. The van der Waals surface area contributed by atoms with E-state index in [0.29, 0.717) is 0 Å².